The van der Waals surface area contributed by atoms with Gasteiger partial charge in [0.2, 0.25) is 0 Å². The Hall–Kier alpha value is -2.88. The van der Waals surface area contributed by atoms with Gasteiger partial charge in [-0.1, -0.05) is 24.3 Å². The standard InChI is InChI=1S/C18H16N4/c1-9-10(2)22-18-12-3-5-13-15(19)7-8-21-17(13)11(12)4-6-14(18)16(9)20/h3-8H,1-2H3,(H2,19,21)(H2,20,22). The fourth-order valence-corrected chi connectivity index (χ4v) is 3.01. The fraction of sp³-hybridized carbons (Fsp3) is 0.111. The molecule has 0 aliphatic heterocycles. The number of nitrogens with zero attached hydrogens (tertiary/aromatic N) is 2. The molecule has 4 N–H and O–H groups in total. The van der Waals surface area contributed by atoms with Crippen LogP contribution in [0.1, 0.15) is 11.3 Å². The number of nitrogen functional groups attached to an aromatic ring is 2. The lowest BCUT2D eigenvalue weighted by atomic mass is 9.99. The van der Waals surface area contributed by atoms with Crippen LogP contribution in [0, 0.1) is 13.8 Å². The van der Waals surface area contributed by atoms with Gasteiger partial charge in [0.25, 0.3) is 0 Å². The van der Waals surface area contributed by atoms with Gasteiger partial charge in [-0.3, -0.25) is 9.97 Å². The second kappa shape index (κ2) is 4.31. The van der Waals surface area contributed by atoms with Crippen LogP contribution in [0.2, 0.25) is 0 Å². The van der Waals surface area contributed by atoms with Crippen LogP contribution in [0.5, 0.6) is 0 Å². The van der Waals surface area contributed by atoms with E-state index >= 15 is 0 Å². The van der Waals surface area contributed by atoms with E-state index in [1.807, 2.05) is 32.0 Å². The van der Waals surface area contributed by atoms with Gasteiger partial charge in [-0.15, -0.1) is 0 Å². The Morgan fingerprint density at radius 1 is 0.773 bits per heavy atom. The van der Waals surface area contributed by atoms with E-state index < -0.39 is 0 Å². The normalized spacial score (nSPS) is 11.5. The van der Waals surface area contributed by atoms with E-state index in [-0.39, 0.29) is 0 Å². The fourth-order valence-electron chi connectivity index (χ4n) is 3.01. The first-order valence-corrected chi connectivity index (χ1v) is 7.20. The Morgan fingerprint density at radius 2 is 1.41 bits per heavy atom. The van der Waals surface area contributed by atoms with E-state index in [4.69, 9.17) is 16.5 Å². The largest absolute Gasteiger partial charge is 0.398 e. The Morgan fingerprint density at radius 3 is 2.18 bits per heavy atom. The molecule has 0 saturated heterocycles. The maximum atomic E-state index is 6.27. The van der Waals surface area contributed by atoms with Crippen molar-refractivity contribution in [3.63, 3.8) is 0 Å². The molecule has 4 nitrogen and oxygen atoms in total. The minimum atomic E-state index is 0.736. The number of aromatic nitrogens is 2. The molecule has 0 fully saturated rings. The molecule has 4 aromatic rings. The quantitative estimate of drug-likeness (QED) is 0.483. The molecule has 0 spiro atoms. The van der Waals surface area contributed by atoms with E-state index in [2.05, 4.69) is 17.1 Å². The summed E-state index contributed by atoms with van der Waals surface area (Å²) >= 11 is 0. The Balaban J connectivity index is 2.26. The van der Waals surface area contributed by atoms with Crippen molar-refractivity contribution < 1.29 is 0 Å². The number of aryl methyl sites for hydroxylation is 1. The van der Waals surface area contributed by atoms with Gasteiger partial charge in [0.1, 0.15) is 0 Å². The van der Waals surface area contributed by atoms with Crippen LogP contribution in [-0.4, -0.2) is 9.97 Å². The van der Waals surface area contributed by atoms with Gasteiger partial charge < -0.3 is 11.5 Å². The predicted molar refractivity (Wildman–Crippen MR) is 92.8 cm³/mol. The van der Waals surface area contributed by atoms with Gasteiger partial charge in [0, 0.05) is 44.8 Å². The van der Waals surface area contributed by atoms with Crippen molar-refractivity contribution in [1.82, 2.24) is 9.97 Å². The summed E-state index contributed by atoms with van der Waals surface area (Å²) in [6.07, 6.45) is 1.74. The summed E-state index contributed by atoms with van der Waals surface area (Å²) in [5, 5.41) is 4.05. The highest BCUT2D eigenvalue weighted by Gasteiger charge is 2.12. The van der Waals surface area contributed by atoms with Crippen LogP contribution in [0.3, 0.4) is 0 Å². The number of hydrogen-bond acceptors (Lipinski definition) is 4. The van der Waals surface area contributed by atoms with Crippen molar-refractivity contribution in [3.8, 4) is 0 Å². The number of rotatable bonds is 0. The predicted octanol–water partition coefficient (Wildman–Crippen LogP) is 3.72. The third-order valence-corrected chi connectivity index (χ3v) is 4.43. The summed E-state index contributed by atoms with van der Waals surface area (Å²) in [6.45, 7) is 3.99. The Labute approximate surface area is 127 Å². The number of fused-ring (bicyclic) bond motifs is 5. The number of anilines is 2. The summed E-state index contributed by atoms with van der Waals surface area (Å²) in [5.74, 6) is 0. The third-order valence-electron chi connectivity index (χ3n) is 4.43. The topological polar surface area (TPSA) is 77.8 Å². The molecule has 4 heteroatoms. The Kier molecular flexibility index (Phi) is 2.51. The van der Waals surface area contributed by atoms with Gasteiger partial charge in [-0.05, 0) is 25.5 Å². The lowest BCUT2D eigenvalue weighted by Gasteiger charge is -2.12. The lowest BCUT2D eigenvalue weighted by molar-refractivity contribution is 1.20. The van der Waals surface area contributed by atoms with Crippen molar-refractivity contribution in [1.29, 1.82) is 0 Å². The maximum absolute atomic E-state index is 6.27. The van der Waals surface area contributed by atoms with Gasteiger partial charge in [-0.25, -0.2) is 0 Å². The molecule has 0 unspecified atom stereocenters. The average Bonchev–Trinajstić information content (AvgIpc) is 2.52. The zero-order valence-corrected chi connectivity index (χ0v) is 12.5. The molecule has 0 aliphatic rings. The van der Waals surface area contributed by atoms with E-state index in [1.165, 1.54) is 0 Å². The number of nitrogens with two attached hydrogens (primary N) is 2. The van der Waals surface area contributed by atoms with Gasteiger partial charge >= 0.3 is 0 Å². The highest BCUT2D eigenvalue weighted by molar-refractivity contribution is 6.18. The molecule has 0 saturated carbocycles. The molecule has 0 aliphatic carbocycles. The molecule has 108 valence electrons. The molecule has 0 radical (unpaired) electrons. The van der Waals surface area contributed by atoms with E-state index in [0.29, 0.717) is 0 Å². The monoisotopic (exact) mass is 288 g/mol. The van der Waals surface area contributed by atoms with Crippen molar-refractivity contribution in [2.75, 3.05) is 11.5 Å². The molecule has 22 heavy (non-hydrogen) atoms. The maximum Gasteiger partial charge on any atom is 0.0805 e. The van der Waals surface area contributed by atoms with Crippen molar-refractivity contribution in [2.24, 2.45) is 0 Å². The first-order valence-electron chi connectivity index (χ1n) is 7.20. The number of hydrogen-bond donors (Lipinski definition) is 2. The molecule has 4 rings (SSSR count). The number of benzene rings is 2. The molecule has 0 amide bonds. The van der Waals surface area contributed by atoms with Crippen LogP contribution < -0.4 is 11.5 Å². The highest BCUT2D eigenvalue weighted by atomic mass is 14.7. The van der Waals surface area contributed by atoms with Gasteiger partial charge in [0.05, 0.1) is 11.0 Å². The van der Waals surface area contributed by atoms with Crippen LogP contribution in [0.15, 0.2) is 36.5 Å². The molecule has 0 bridgehead atoms. The molecule has 2 heterocycles. The number of pyridine rings is 2. The van der Waals surface area contributed by atoms with Gasteiger partial charge in [-0.2, -0.15) is 0 Å². The summed E-state index contributed by atoms with van der Waals surface area (Å²) in [4.78, 5) is 9.25. The smallest absolute Gasteiger partial charge is 0.0805 e. The van der Waals surface area contributed by atoms with Crippen LogP contribution in [0.4, 0.5) is 11.4 Å². The van der Waals surface area contributed by atoms with Crippen molar-refractivity contribution >= 4 is 44.0 Å². The minimum absolute atomic E-state index is 0.736. The molecular weight excluding hydrogens is 272 g/mol. The summed E-state index contributed by atoms with van der Waals surface area (Å²) in [7, 11) is 0. The van der Waals surface area contributed by atoms with E-state index in [9.17, 15) is 0 Å². The second-order valence-corrected chi connectivity index (χ2v) is 5.65. The molecule has 2 aromatic carbocycles. The molecule has 0 atom stereocenters. The van der Waals surface area contributed by atoms with Crippen LogP contribution in [-0.2, 0) is 0 Å². The molecular formula is C18H16N4. The minimum Gasteiger partial charge on any atom is -0.398 e. The first kappa shape index (κ1) is 12.8. The average molecular weight is 288 g/mol. The van der Waals surface area contributed by atoms with Crippen molar-refractivity contribution in [2.45, 2.75) is 13.8 Å². The summed E-state index contributed by atoms with van der Waals surface area (Å²) in [6, 6.07) is 9.96. The van der Waals surface area contributed by atoms with Gasteiger partial charge in [0.15, 0.2) is 0 Å². The Bertz CT molecular complexity index is 1070. The highest BCUT2D eigenvalue weighted by Crippen LogP contribution is 2.34. The second-order valence-electron chi connectivity index (χ2n) is 5.65. The lowest BCUT2D eigenvalue weighted by Crippen LogP contribution is -1.98. The SMILES string of the molecule is Cc1nc2c(ccc3c2ccc2c(N)ccnc23)c(N)c1C. The summed E-state index contributed by atoms with van der Waals surface area (Å²) < 4.78 is 0. The molecule has 2 aromatic heterocycles. The first-order chi connectivity index (χ1) is 10.6. The van der Waals surface area contributed by atoms with E-state index in [1.54, 1.807) is 6.20 Å². The van der Waals surface area contributed by atoms with Crippen LogP contribution >= 0.6 is 0 Å². The summed E-state index contributed by atoms with van der Waals surface area (Å²) in [5.41, 5.74) is 17.7. The van der Waals surface area contributed by atoms with Crippen LogP contribution in [0.25, 0.3) is 32.6 Å². The third kappa shape index (κ3) is 1.58. The zero-order valence-electron chi connectivity index (χ0n) is 12.5. The van der Waals surface area contributed by atoms with Crippen molar-refractivity contribution in [3.05, 3.63) is 47.8 Å². The zero-order chi connectivity index (χ0) is 15.4. The van der Waals surface area contributed by atoms with E-state index in [0.717, 1.165) is 55.2 Å².